The lowest BCUT2D eigenvalue weighted by molar-refractivity contribution is -0.124. The number of aliphatic hydroxyl groups excluding tert-OH is 1. The van der Waals surface area contributed by atoms with E-state index in [1.807, 2.05) is 24.3 Å². The van der Waals surface area contributed by atoms with Crippen molar-refractivity contribution in [2.24, 2.45) is 0 Å². The van der Waals surface area contributed by atoms with Crippen LogP contribution in [-0.4, -0.2) is 22.4 Å². The molecule has 0 bridgehead atoms. The highest BCUT2D eigenvalue weighted by Crippen LogP contribution is 2.37. The van der Waals surface area contributed by atoms with Gasteiger partial charge >= 0.3 is 0 Å². The molecular weight excluding hydrogens is 246 g/mol. The quantitative estimate of drug-likeness (QED) is 0.823. The fraction of sp³-hybridized carbons (Fsp3) is 0.500. The van der Waals surface area contributed by atoms with Crippen LogP contribution in [0.2, 0.25) is 0 Å². The molecule has 1 aliphatic heterocycles. The van der Waals surface area contributed by atoms with Crippen LogP contribution >= 0.6 is 11.8 Å². The number of thioether (sulfide) groups is 1. The van der Waals surface area contributed by atoms with E-state index >= 15 is 0 Å². The summed E-state index contributed by atoms with van der Waals surface area (Å²) in [6, 6.07) is 7.72. The van der Waals surface area contributed by atoms with Gasteiger partial charge in [0.05, 0.1) is 5.69 Å². The molecule has 2 rings (SSSR count). The van der Waals surface area contributed by atoms with E-state index in [1.54, 1.807) is 11.8 Å². The summed E-state index contributed by atoms with van der Waals surface area (Å²) in [6.45, 7) is 2.15. The smallest absolute Gasteiger partial charge is 0.254 e. The highest BCUT2D eigenvalue weighted by Gasteiger charge is 2.30. The average Bonchev–Trinajstić information content (AvgIpc) is 2.49. The topological polar surface area (TPSA) is 49.3 Å². The number of amides is 1. The Morgan fingerprint density at radius 3 is 2.89 bits per heavy atom. The van der Waals surface area contributed by atoms with Crippen molar-refractivity contribution in [3.8, 4) is 0 Å². The zero-order chi connectivity index (χ0) is 13.0. The van der Waals surface area contributed by atoms with Crippen molar-refractivity contribution in [3.05, 3.63) is 24.3 Å². The van der Waals surface area contributed by atoms with Crippen molar-refractivity contribution in [1.29, 1.82) is 0 Å². The van der Waals surface area contributed by atoms with E-state index in [1.165, 1.54) is 0 Å². The molecule has 1 amide bonds. The van der Waals surface area contributed by atoms with Gasteiger partial charge in [0.25, 0.3) is 5.91 Å². The van der Waals surface area contributed by atoms with Gasteiger partial charge in [-0.15, -0.1) is 11.8 Å². The van der Waals surface area contributed by atoms with Crippen LogP contribution in [0.1, 0.15) is 32.6 Å². The molecule has 1 aromatic carbocycles. The number of benzene rings is 1. The number of hydrogen-bond donors (Lipinski definition) is 2. The lowest BCUT2D eigenvalue weighted by atomic mass is 10.1. The molecule has 1 aliphatic rings. The highest BCUT2D eigenvalue weighted by molar-refractivity contribution is 8.00. The third-order valence-electron chi connectivity index (χ3n) is 3.14. The molecule has 0 radical (unpaired) electrons. The van der Waals surface area contributed by atoms with Gasteiger partial charge in [-0.25, -0.2) is 0 Å². The number of para-hydroxylation sites is 1. The Hall–Kier alpha value is -1.00. The minimum absolute atomic E-state index is 0.0415. The average molecular weight is 265 g/mol. The van der Waals surface area contributed by atoms with Crippen LogP contribution in [-0.2, 0) is 4.79 Å². The maximum Gasteiger partial charge on any atom is 0.254 e. The maximum atomic E-state index is 11.8. The van der Waals surface area contributed by atoms with Crippen molar-refractivity contribution in [2.75, 3.05) is 5.32 Å². The second-order valence-electron chi connectivity index (χ2n) is 4.58. The van der Waals surface area contributed by atoms with Crippen molar-refractivity contribution < 1.29 is 9.90 Å². The van der Waals surface area contributed by atoms with Crippen LogP contribution in [0.3, 0.4) is 0 Å². The molecule has 0 saturated carbocycles. The van der Waals surface area contributed by atoms with Gasteiger partial charge in [-0.05, 0) is 18.6 Å². The normalized spacial score (nSPS) is 23.1. The lowest BCUT2D eigenvalue weighted by Crippen LogP contribution is -2.34. The van der Waals surface area contributed by atoms with Crippen LogP contribution < -0.4 is 5.32 Å². The van der Waals surface area contributed by atoms with E-state index in [4.69, 9.17) is 0 Å². The molecule has 1 aromatic rings. The molecule has 2 N–H and O–H groups in total. The molecule has 3 nitrogen and oxygen atoms in total. The Labute approximate surface area is 112 Å². The number of fused-ring (bicyclic) bond motifs is 1. The van der Waals surface area contributed by atoms with Crippen molar-refractivity contribution in [3.63, 3.8) is 0 Å². The first-order chi connectivity index (χ1) is 8.72. The first kappa shape index (κ1) is 13.4. The number of anilines is 1. The molecule has 0 spiro atoms. The van der Waals surface area contributed by atoms with Crippen LogP contribution in [0.25, 0.3) is 0 Å². The van der Waals surface area contributed by atoms with Crippen LogP contribution in [0, 0.1) is 0 Å². The monoisotopic (exact) mass is 265 g/mol. The number of rotatable bonds is 4. The Bertz CT molecular complexity index is 422. The Morgan fingerprint density at radius 2 is 2.11 bits per heavy atom. The van der Waals surface area contributed by atoms with E-state index in [2.05, 4.69) is 12.2 Å². The van der Waals surface area contributed by atoms with E-state index in [9.17, 15) is 9.90 Å². The number of carbonyl (C=O) groups is 1. The molecule has 18 heavy (non-hydrogen) atoms. The largest absolute Gasteiger partial charge is 0.382 e. The fourth-order valence-electron chi connectivity index (χ4n) is 2.09. The summed E-state index contributed by atoms with van der Waals surface area (Å²) < 4.78 is 0. The van der Waals surface area contributed by atoms with Crippen LogP contribution in [0.4, 0.5) is 5.69 Å². The number of unbranched alkanes of at least 4 members (excludes halogenated alkanes) is 2. The summed E-state index contributed by atoms with van der Waals surface area (Å²) in [5.41, 5.74) is 0.810. The van der Waals surface area contributed by atoms with E-state index in [-0.39, 0.29) is 11.2 Å². The first-order valence-electron chi connectivity index (χ1n) is 6.47. The van der Waals surface area contributed by atoms with E-state index < -0.39 is 6.10 Å². The van der Waals surface area contributed by atoms with Gasteiger partial charge < -0.3 is 10.4 Å². The lowest BCUT2D eigenvalue weighted by Gasteiger charge is -2.17. The SMILES string of the molecule is CCCCCC1Sc2ccccc2NC(=O)C1O. The number of aliphatic hydroxyl groups is 1. The molecule has 1 heterocycles. The van der Waals surface area contributed by atoms with Gasteiger partial charge in [0, 0.05) is 10.1 Å². The molecule has 0 saturated heterocycles. The summed E-state index contributed by atoms with van der Waals surface area (Å²) in [6.07, 6.45) is 3.31. The number of hydrogen-bond acceptors (Lipinski definition) is 3. The molecule has 4 heteroatoms. The molecular formula is C14H19NO2S. The summed E-state index contributed by atoms with van der Waals surface area (Å²) >= 11 is 1.61. The Kier molecular flexibility index (Phi) is 4.66. The van der Waals surface area contributed by atoms with Gasteiger partial charge in [0.15, 0.2) is 0 Å². The molecule has 0 fully saturated rings. The van der Waals surface area contributed by atoms with Crippen LogP contribution in [0.5, 0.6) is 0 Å². The van der Waals surface area contributed by atoms with E-state index in [0.717, 1.165) is 36.3 Å². The van der Waals surface area contributed by atoms with Crippen molar-refractivity contribution >= 4 is 23.4 Å². The summed E-state index contributed by atoms with van der Waals surface area (Å²) in [7, 11) is 0. The molecule has 2 atom stereocenters. The zero-order valence-electron chi connectivity index (χ0n) is 10.6. The third kappa shape index (κ3) is 3.06. The van der Waals surface area contributed by atoms with Gasteiger partial charge in [-0.2, -0.15) is 0 Å². The zero-order valence-corrected chi connectivity index (χ0v) is 11.4. The Morgan fingerprint density at radius 1 is 1.33 bits per heavy atom. The van der Waals surface area contributed by atoms with Gasteiger partial charge in [0.1, 0.15) is 6.10 Å². The van der Waals surface area contributed by atoms with Crippen LogP contribution in [0.15, 0.2) is 29.2 Å². The second-order valence-corrected chi connectivity index (χ2v) is 5.86. The molecule has 2 unspecified atom stereocenters. The van der Waals surface area contributed by atoms with E-state index in [0.29, 0.717) is 0 Å². The predicted molar refractivity (Wildman–Crippen MR) is 74.9 cm³/mol. The summed E-state index contributed by atoms with van der Waals surface area (Å²) in [5, 5.41) is 12.8. The minimum atomic E-state index is -0.917. The predicted octanol–water partition coefficient (Wildman–Crippen LogP) is 3.04. The van der Waals surface area contributed by atoms with Gasteiger partial charge in [0.2, 0.25) is 0 Å². The third-order valence-corrected chi connectivity index (χ3v) is 4.54. The fourth-order valence-corrected chi connectivity index (χ4v) is 3.35. The molecule has 98 valence electrons. The highest BCUT2D eigenvalue weighted by atomic mass is 32.2. The Balaban J connectivity index is 2.13. The standard InChI is InChI=1S/C14H19NO2S/c1-2-3-4-9-12-13(16)14(17)15-10-7-5-6-8-11(10)18-12/h5-8,12-13,16H,2-4,9H2,1H3,(H,15,17). The first-order valence-corrected chi connectivity index (χ1v) is 7.35. The maximum absolute atomic E-state index is 11.8. The minimum Gasteiger partial charge on any atom is -0.382 e. The van der Waals surface area contributed by atoms with Gasteiger partial charge in [-0.3, -0.25) is 4.79 Å². The summed E-state index contributed by atoms with van der Waals surface area (Å²) in [4.78, 5) is 12.9. The van der Waals surface area contributed by atoms with Gasteiger partial charge in [-0.1, -0.05) is 38.3 Å². The number of carbonyl (C=O) groups excluding carboxylic acids is 1. The molecule has 0 aromatic heterocycles. The van der Waals surface area contributed by atoms with Crippen molar-refractivity contribution in [2.45, 2.75) is 48.9 Å². The summed E-state index contributed by atoms with van der Waals surface area (Å²) in [5.74, 6) is -0.283. The number of nitrogens with one attached hydrogen (secondary N) is 1. The van der Waals surface area contributed by atoms with Crippen molar-refractivity contribution in [1.82, 2.24) is 0 Å². The second kappa shape index (κ2) is 6.25. The molecule has 0 aliphatic carbocycles.